The van der Waals surface area contributed by atoms with Crippen molar-refractivity contribution >= 4 is 11.9 Å². The molecule has 2 N–H and O–H groups in total. The third-order valence-electron chi connectivity index (χ3n) is 6.85. The summed E-state index contributed by atoms with van der Waals surface area (Å²) in [6.45, 7) is 24.6. The first kappa shape index (κ1) is 33.9. The molecule has 0 aromatic rings. The molecule has 5 nitrogen and oxygen atoms in total. The van der Waals surface area contributed by atoms with E-state index < -0.39 is 17.9 Å². The number of carbonyl (C=O) groups is 2. The van der Waals surface area contributed by atoms with Crippen molar-refractivity contribution in [2.45, 2.75) is 140 Å². The van der Waals surface area contributed by atoms with Crippen molar-refractivity contribution in [3.8, 4) is 0 Å². The zero-order chi connectivity index (χ0) is 27.5. The Morgan fingerprint density at radius 2 is 1.06 bits per heavy atom. The fraction of sp³-hybridized carbons (Fsp3) is 0.933. The van der Waals surface area contributed by atoms with Gasteiger partial charge in [0, 0.05) is 0 Å². The van der Waals surface area contributed by atoms with Crippen LogP contribution in [0.5, 0.6) is 0 Å². The van der Waals surface area contributed by atoms with Crippen molar-refractivity contribution in [2.75, 3.05) is 13.2 Å². The van der Waals surface area contributed by atoms with E-state index in [1.54, 1.807) is 6.92 Å². The molecule has 0 aromatic heterocycles. The summed E-state index contributed by atoms with van der Waals surface area (Å²) in [5.74, 6) is -1.20. The topological polar surface area (TPSA) is 78.6 Å². The Hall–Kier alpha value is -1.10. The number of hydrogen-bond donors (Lipinski definition) is 1. The Bertz CT molecular complexity index is 582. The van der Waals surface area contributed by atoms with Crippen LogP contribution >= 0.6 is 0 Å². The van der Waals surface area contributed by atoms with Crippen LogP contribution in [0.1, 0.15) is 134 Å². The van der Waals surface area contributed by atoms with Crippen LogP contribution in [0.3, 0.4) is 0 Å². The largest absolute Gasteiger partial charge is 0.465 e. The molecular weight excluding hydrogens is 438 g/mol. The summed E-state index contributed by atoms with van der Waals surface area (Å²) in [5.41, 5.74) is 6.28. The smallest absolute Gasteiger partial charge is 0.322 e. The molecule has 0 fully saturated rings. The summed E-state index contributed by atoms with van der Waals surface area (Å²) in [6, 6.07) is -0.831. The van der Waals surface area contributed by atoms with Gasteiger partial charge in [0.15, 0.2) is 0 Å². The van der Waals surface area contributed by atoms with Crippen molar-refractivity contribution in [3.05, 3.63) is 0 Å². The van der Waals surface area contributed by atoms with Crippen LogP contribution in [0.2, 0.25) is 0 Å². The first-order chi connectivity index (χ1) is 15.9. The molecule has 0 heterocycles. The first-order valence-corrected chi connectivity index (χ1v) is 13.9. The van der Waals surface area contributed by atoms with E-state index in [2.05, 4.69) is 69.2 Å². The Labute approximate surface area is 217 Å². The van der Waals surface area contributed by atoms with E-state index in [4.69, 9.17) is 15.2 Å². The molecular formula is C30H59NO4. The van der Waals surface area contributed by atoms with Crippen LogP contribution in [0.15, 0.2) is 0 Å². The molecule has 0 aliphatic rings. The molecule has 0 saturated heterocycles. The zero-order valence-corrected chi connectivity index (χ0v) is 25.1. The van der Waals surface area contributed by atoms with Crippen molar-refractivity contribution in [1.82, 2.24) is 0 Å². The third-order valence-corrected chi connectivity index (χ3v) is 6.85. The van der Waals surface area contributed by atoms with Crippen molar-refractivity contribution < 1.29 is 19.1 Å². The Kier molecular flexibility index (Phi) is 14.1. The van der Waals surface area contributed by atoms with E-state index >= 15 is 0 Å². The Morgan fingerprint density at radius 1 is 0.686 bits per heavy atom. The van der Waals surface area contributed by atoms with Gasteiger partial charge in [0.1, 0.15) is 6.04 Å². The molecule has 35 heavy (non-hydrogen) atoms. The Balaban J connectivity index is 4.62. The first-order valence-electron chi connectivity index (χ1n) is 13.9. The van der Waals surface area contributed by atoms with E-state index in [9.17, 15) is 9.59 Å². The van der Waals surface area contributed by atoms with Gasteiger partial charge in [-0.15, -0.1) is 0 Å². The van der Waals surface area contributed by atoms with Gasteiger partial charge >= 0.3 is 11.9 Å². The highest BCUT2D eigenvalue weighted by molar-refractivity contribution is 5.78. The third kappa shape index (κ3) is 15.6. The lowest BCUT2D eigenvalue weighted by atomic mass is 9.73. The second-order valence-corrected chi connectivity index (χ2v) is 14.2. The van der Waals surface area contributed by atoms with Gasteiger partial charge in [-0.3, -0.25) is 9.59 Å². The van der Waals surface area contributed by atoms with Crippen molar-refractivity contribution in [3.63, 3.8) is 0 Å². The molecule has 0 rings (SSSR count). The van der Waals surface area contributed by atoms with Gasteiger partial charge in [-0.1, -0.05) is 102 Å². The van der Waals surface area contributed by atoms with Gasteiger partial charge in [0.25, 0.3) is 0 Å². The molecule has 2 atom stereocenters. The molecule has 208 valence electrons. The van der Waals surface area contributed by atoms with Crippen LogP contribution in [0.4, 0.5) is 0 Å². The molecule has 0 aliphatic heterocycles. The molecule has 0 aromatic carbocycles. The minimum absolute atomic E-state index is 0.107. The van der Waals surface area contributed by atoms with Crippen LogP contribution in [0.25, 0.3) is 0 Å². The molecule has 0 spiro atoms. The molecule has 0 aliphatic carbocycles. The highest BCUT2D eigenvalue weighted by Crippen LogP contribution is 2.38. The number of esters is 2. The van der Waals surface area contributed by atoms with Crippen LogP contribution < -0.4 is 5.73 Å². The maximum absolute atomic E-state index is 12.6. The molecule has 0 amide bonds. The quantitative estimate of drug-likeness (QED) is 0.196. The van der Waals surface area contributed by atoms with Gasteiger partial charge in [0.05, 0.1) is 19.1 Å². The predicted molar refractivity (Wildman–Crippen MR) is 147 cm³/mol. The normalized spacial score (nSPS) is 15.0. The van der Waals surface area contributed by atoms with E-state index in [0.29, 0.717) is 13.2 Å². The zero-order valence-electron chi connectivity index (χ0n) is 25.1. The highest BCUT2D eigenvalue weighted by atomic mass is 16.5. The fourth-order valence-electron chi connectivity index (χ4n) is 5.54. The molecule has 0 saturated carbocycles. The molecule has 5 heteroatoms. The maximum Gasteiger partial charge on any atom is 0.322 e. The molecule has 0 bridgehead atoms. The van der Waals surface area contributed by atoms with Crippen molar-refractivity contribution in [1.29, 1.82) is 0 Å². The van der Waals surface area contributed by atoms with Gasteiger partial charge in [-0.2, -0.15) is 0 Å². The lowest BCUT2D eigenvalue weighted by Crippen LogP contribution is -2.38. The molecule has 1 unspecified atom stereocenters. The minimum Gasteiger partial charge on any atom is -0.465 e. The average molecular weight is 498 g/mol. The van der Waals surface area contributed by atoms with E-state index in [0.717, 1.165) is 19.3 Å². The van der Waals surface area contributed by atoms with E-state index in [1.807, 2.05) is 0 Å². The van der Waals surface area contributed by atoms with Crippen LogP contribution in [-0.4, -0.2) is 31.2 Å². The number of nitrogens with two attached hydrogens (primary N) is 1. The number of unbranched alkanes of at least 4 members (excludes halogenated alkanes) is 2. The standard InChI is InChI=1S/C30H59NO4/c1-12-14-16-27(4,5)19-29(8,9)21-34-25(32)23(3)18-24(31)26(33)35-22-30(10,11)20-28(6,7)17-15-13-2/h23-24H,12-22,31H2,1-11H3/t23?,24-/m1/s1. The summed E-state index contributed by atoms with van der Waals surface area (Å²) in [5, 5.41) is 0. The summed E-state index contributed by atoms with van der Waals surface area (Å²) >= 11 is 0. The fourth-order valence-corrected chi connectivity index (χ4v) is 5.54. The maximum atomic E-state index is 12.6. The highest BCUT2D eigenvalue weighted by Gasteiger charge is 2.33. The predicted octanol–water partition coefficient (Wildman–Crippen LogP) is 7.69. The van der Waals surface area contributed by atoms with Crippen LogP contribution in [0, 0.1) is 27.6 Å². The lowest BCUT2D eigenvalue weighted by Gasteiger charge is -2.35. The second-order valence-electron chi connectivity index (χ2n) is 14.2. The second kappa shape index (κ2) is 14.6. The van der Waals surface area contributed by atoms with Gasteiger partial charge < -0.3 is 15.2 Å². The van der Waals surface area contributed by atoms with Gasteiger partial charge in [0.2, 0.25) is 0 Å². The summed E-state index contributed by atoms with van der Waals surface area (Å²) in [6.07, 6.45) is 9.29. The van der Waals surface area contributed by atoms with Gasteiger partial charge in [-0.25, -0.2) is 0 Å². The average Bonchev–Trinajstić information content (AvgIpc) is 2.71. The summed E-state index contributed by atoms with van der Waals surface area (Å²) in [7, 11) is 0. The summed E-state index contributed by atoms with van der Waals surface area (Å²) in [4.78, 5) is 25.2. The van der Waals surface area contributed by atoms with E-state index in [-0.39, 0.29) is 34.1 Å². The van der Waals surface area contributed by atoms with Crippen molar-refractivity contribution in [2.24, 2.45) is 33.3 Å². The molecule has 0 radical (unpaired) electrons. The number of ether oxygens (including phenoxy) is 2. The lowest BCUT2D eigenvalue weighted by molar-refractivity contribution is -0.154. The van der Waals surface area contributed by atoms with E-state index in [1.165, 1.54) is 32.1 Å². The number of carbonyl (C=O) groups excluding carboxylic acids is 2. The minimum atomic E-state index is -0.831. The van der Waals surface area contributed by atoms with Crippen LogP contribution in [-0.2, 0) is 19.1 Å². The number of rotatable bonds is 18. The van der Waals surface area contributed by atoms with Gasteiger partial charge in [-0.05, 0) is 53.8 Å². The monoisotopic (exact) mass is 497 g/mol. The Morgan fingerprint density at radius 3 is 1.43 bits per heavy atom. The SMILES string of the molecule is CCCCC(C)(C)CC(C)(C)COC(=O)C(C)C[C@@H](N)C(=O)OCC(C)(C)CC(C)(C)CCCC. The number of hydrogen-bond acceptors (Lipinski definition) is 5. The summed E-state index contributed by atoms with van der Waals surface area (Å²) < 4.78 is 11.2.